The monoisotopic (exact) mass is 285 g/mol. The van der Waals surface area contributed by atoms with Crippen molar-refractivity contribution < 1.29 is 9.13 Å². The summed E-state index contributed by atoms with van der Waals surface area (Å²) in [4.78, 5) is 0. The van der Waals surface area contributed by atoms with Gasteiger partial charge < -0.3 is 10.5 Å². The highest BCUT2D eigenvalue weighted by atomic mass is 35.5. The van der Waals surface area contributed by atoms with Gasteiger partial charge in [-0.15, -0.1) is 0 Å². The van der Waals surface area contributed by atoms with E-state index in [0.29, 0.717) is 27.0 Å². The van der Waals surface area contributed by atoms with Crippen LogP contribution in [-0.4, -0.2) is 0 Å². The molecule has 0 fully saturated rings. The Morgan fingerprint density at radius 1 is 1.06 bits per heavy atom. The molecule has 0 atom stereocenters. The third-order valence-corrected chi connectivity index (χ3v) is 2.83. The first-order valence-corrected chi connectivity index (χ1v) is 5.93. The Labute approximate surface area is 114 Å². The molecule has 0 aliphatic rings. The summed E-state index contributed by atoms with van der Waals surface area (Å²) in [5.74, 6) is 0.0886. The van der Waals surface area contributed by atoms with Crippen LogP contribution in [0.1, 0.15) is 5.56 Å². The molecule has 2 nitrogen and oxygen atoms in total. The average molecular weight is 286 g/mol. The summed E-state index contributed by atoms with van der Waals surface area (Å²) in [7, 11) is 0. The number of ether oxygens (including phenoxy) is 1. The van der Waals surface area contributed by atoms with Gasteiger partial charge in [-0.1, -0.05) is 23.2 Å². The number of hydrogen-bond donors (Lipinski definition) is 1. The van der Waals surface area contributed by atoms with Crippen LogP contribution in [0.2, 0.25) is 10.0 Å². The first-order chi connectivity index (χ1) is 8.56. The van der Waals surface area contributed by atoms with Crippen molar-refractivity contribution in [2.45, 2.75) is 6.61 Å². The summed E-state index contributed by atoms with van der Waals surface area (Å²) in [6, 6.07) is 9.17. The van der Waals surface area contributed by atoms with Crippen molar-refractivity contribution in [3.63, 3.8) is 0 Å². The van der Waals surface area contributed by atoms with Crippen LogP contribution in [0.5, 0.6) is 5.75 Å². The summed E-state index contributed by atoms with van der Waals surface area (Å²) in [5.41, 5.74) is 6.50. The maximum absolute atomic E-state index is 13.4. The lowest BCUT2D eigenvalue weighted by Crippen LogP contribution is -2.00. The summed E-state index contributed by atoms with van der Waals surface area (Å²) >= 11 is 11.6. The molecular weight excluding hydrogens is 276 g/mol. The molecule has 2 N–H and O–H groups in total. The van der Waals surface area contributed by atoms with Gasteiger partial charge in [0.1, 0.15) is 18.2 Å². The zero-order valence-electron chi connectivity index (χ0n) is 9.29. The topological polar surface area (TPSA) is 35.2 Å². The van der Waals surface area contributed by atoms with Crippen LogP contribution in [-0.2, 0) is 6.61 Å². The summed E-state index contributed by atoms with van der Waals surface area (Å²) in [6.45, 7) is 0.0538. The molecule has 2 aromatic carbocycles. The van der Waals surface area contributed by atoms with Crippen molar-refractivity contribution in [1.82, 2.24) is 0 Å². The number of nitrogen functional groups attached to an aromatic ring is 1. The normalized spacial score (nSPS) is 10.4. The minimum absolute atomic E-state index is 0.0538. The number of benzene rings is 2. The van der Waals surface area contributed by atoms with Gasteiger partial charge in [0.15, 0.2) is 0 Å². The Morgan fingerprint density at radius 2 is 1.72 bits per heavy atom. The summed E-state index contributed by atoms with van der Waals surface area (Å²) in [6.07, 6.45) is 0. The molecule has 0 aromatic heterocycles. The lowest BCUT2D eigenvalue weighted by atomic mass is 10.2. The Bertz CT molecular complexity index is 575. The zero-order chi connectivity index (χ0) is 13.1. The van der Waals surface area contributed by atoms with Crippen molar-refractivity contribution in [2.75, 3.05) is 5.73 Å². The van der Waals surface area contributed by atoms with Crippen LogP contribution in [0.25, 0.3) is 0 Å². The van der Waals surface area contributed by atoms with E-state index in [2.05, 4.69) is 0 Å². The molecule has 0 heterocycles. The van der Waals surface area contributed by atoms with Crippen molar-refractivity contribution in [3.8, 4) is 5.75 Å². The van der Waals surface area contributed by atoms with E-state index in [1.807, 2.05) is 0 Å². The molecule has 0 aliphatic carbocycles. The number of hydrogen-bond acceptors (Lipinski definition) is 2. The van der Waals surface area contributed by atoms with Gasteiger partial charge in [0.2, 0.25) is 0 Å². The van der Waals surface area contributed by atoms with Crippen LogP contribution in [0, 0.1) is 5.82 Å². The Hall–Kier alpha value is -1.45. The minimum atomic E-state index is -0.369. The second kappa shape index (κ2) is 5.46. The molecule has 0 bridgehead atoms. The van der Waals surface area contributed by atoms with Gasteiger partial charge in [-0.05, 0) is 36.4 Å². The maximum Gasteiger partial charge on any atom is 0.142 e. The molecule has 18 heavy (non-hydrogen) atoms. The number of nitrogens with two attached hydrogens (primary N) is 1. The lowest BCUT2D eigenvalue weighted by molar-refractivity contribution is 0.301. The molecular formula is C13H10Cl2FNO. The second-order valence-corrected chi connectivity index (χ2v) is 4.58. The van der Waals surface area contributed by atoms with Gasteiger partial charge in [0, 0.05) is 15.6 Å². The minimum Gasteiger partial charge on any atom is -0.487 e. The largest absolute Gasteiger partial charge is 0.487 e. The third-order valence-electron chi connectivity index (χ3n) is 2.36. The first-order valence-electron chi connectivity index (χ1n) is 5.18. The lowest BCUT2D eigenvalue weighted by Gasteiger charge is -2.10. The van der Waals surface area contributed by atoms with Crippen molar-refractivity contribution in [3.05, 3.63) is 57.8 Å². The van der Waals surface area contributed by atoms with Gasteiger partial charge >= 0.3 is 0 Å². The third kappa shape index (κ3) is 3.06. The molecule has 5 heteroatoms. The average Bonchev–Trinajstić information content (AvgIpc) is 2.32. The highest BCUT2D eigenvalue weighted by Gasteiger charge is 2.06. The van der Waals surface area contributed by atoms with E-state index in [4.69, 9.17) is 33.7 Å². The highest BCUT2D eigenvalue weighted by Crippen LogP contribution is 2.26. The second-order valence-electron chi connectivity index (χ2n) is 3.71. The summed E-state index contributed by atoms with van der Waals surface area (Å²) < 4.78 is 18.9. The van der Waals surface area contributed by atoms with E-state index in [1.54, 1.807) is 18.2 Å². The number of rotatable bonds is 3. The fourth-order valence-electron chi connectivity index (χ4n) is 1.46. The van der Waals surface area contributed by atoms with Gasteiger partial charge in [0.05, 0.1) is 5.69 Å². The molecule has 0 saturated heterocycles. The van der Waals surface area contributed by atoms with Gasteiger partial charge in [-0.3, -0.25) is 0 Å². The fraction of sp³-hybridized carbons (Fsp3) is 0.0769. The van der Waals surface area contributed by atoms with Crippen LogP contribution >= 0.6 is 23.2 Å². The van der Waals surface area contributed by atoms with Crippen molar-refractivity contribution >= 4 is 28.9 Å². The fourth-order valence-corrected chi connectivity index (χ4v) is 1.84. The van der Waals surface area contributed by atoms with E-state index < -0.39 is 0 Å². The van der Waals surface area contributed by atoms with Gasteiger partial charge in [-0.25, -0.2) is 4.39 Å². The van der Waals surface area contributed by atoms with E-state index >= 15 is 0 Å². The SMILES string of the molecule is Nc1cc(Cl)ccc1OCc1cc(Cl)ccc1F. The highest BCUT2D eigenvalue weighted by molar-refractivity contribution is 6.31. The van der Waals surface area contributed by atoms with E-state index in [9.17, 15) is 4.39 Å². The van der Waals surface area contributed by atoms with Gasteiger partial charge in [-0.2, -0.15) is 0 Å². The molecule has 2 rings (SSSR count). The van der Waals surface area contributed by atoms with E-state index in [1.165, 1.54) is 18.2 Å². The summed E-state index contributed by atoms with van der Waals surface area (Å²) in [5, 5.41) is 0.980. The molecule has 2 aromatic rings. The molecule has 94 valence electrons. The van der Waals surface area contributed by atoms with Crippen molar-refractivity contribution in [1.29, 1.82) is 0 Å². The van der Waals surface area contributed by atoms with Crippen LogP contribution in [0.15, 0.2) is 36.4 Å². The maximum atomic E-state index is 13.4. The predicted octanol–water partition coefficient (Wildman–Crippen LogP) is 4.29. The molecule has 0 unspecified atom stereocenters. The van der Waals surface area contributed by atoms with E-state index in [0.717, 1.165) is 0 Å². The standard InChI is InChI=1S/C13H10Cl2FNO/c14-9-1-3-11(16)8(5-9)7-18-13-4-2-10(15)6-12(13)17/h1-6H,7,17H2. The Kier molecular flexibility index (Phi) is 3.94. The van der Waals surface area contributed by atoms with Crippen LogP contribution < -0.4 is 10.5 Å². The van der Waals surface area contributed by atoms with E-state index in [-0.39, 0.29) is 12.4 Å². The number of halogens is 3. The Morgan fingerprint density at radius 3 is 2.44 bits per heavy atom. The molecule has 0 amide bonds. The smallest absolute Gasteiger partial charge is 0.142 e. The number of anilines is 1. The Balaban J connectivity index is 2.13. The van der Waals surface area contributed by atoms with Crippen molar-refractivity contribution in [2.24, 2.45) is 0 Å². The predicted molar refractivity (Wildman–Crippen MR) is 71.6 cm³/mol. The zero-order valence-corrected chi connectivity index (χ0v) is 10.8. The first kappa shape index (κ1) is 13.0. The molecule has 0 saturated carbocycles. The quantitative estimate of drug-likeness (QED) is 0.854. The molecule has 0 aliphatic heterocycles. The molecule has 0 radical (unpaired) electrons. The van der Waals surface area contributed by atoms with Gasteiger partial charge in [0.25, 0.3) is 0 Å². The van der Waals surface area contributed by atoms with Crippen LogP contribution in [0.4, 0.5) is 10.1 Å². The van der Waals surface area contributed by atoms with Crippen LogP contribution in [0.3, 0.4) is 0 Å². The molecule has 0 spiro atoms.